The second kappa shape index (κ2) is 8.80. The van der Waals surface area contributed by atoms with Gasteiger partial charge >= 0.3 is 5.97 Å². The lowest BCUT2D eigenvalue weighted by atomic mass is 9.73. The van der Waals surface area contributed by atoms with E-state index in [0.29, 0.717) is 11.8 Å². The Hall–Kier alpha value is -0.530. The Balaban J connectivity index is 5.16. The van der Waals surface area contributed by atoms with E-state index < -0.39 is 0 Å². The molecule has 0 aromatic heterocycles. The number of carbonyl (C=O) groups is 1. The summed E-state index contributed by atoms with van der Waals surface area (Å²) in [6.07, 6.45) is 5.96. The van der Waals surface area contributed by atoms with Crippen molar-refractivity contribution in [3.05, 3.63) is 0 Å². The number of hydrogen-bond acceptors (Lipinski definition) is 2. The van der Waals surface area contributed by atoms with Gasteiger partial charge in [0.2, 0.25) is 0 Å². The van der Waals surface area contributed by atoms with E-state index in [1.807, 2.05) is 0 Å². The van der Waals surface area contributed by atoms with Crippen LogP contribution in [0.3, 0.4) is 0 Å². The van der Waals surface area contributed by atoms with Gasteiger partial charge in [0.1, 0.15) is 5.60 Å². The van der Waals surface area contributed by atoms with Crippen LogP contribution in [0.5, 0.6) is 0 Å². The van der Waals surface area contributed by atoms with Crippen molar-refractivity contribution in [2.45, 2.75) is 99.5 Å². The van der Waals surface area contributed by atoms with Gasteiger partial charge in [-0.3, -0.25) is 4.79 Å². The van der Waals surface area contributed by atoms with Gasteiger partial charge in [-0.15, -0.1) is 0 Å². The molecular weight excluding hydrogens is 260 g/mol. The lowest BCUT2D eigenvalue weighted by Crippen LogP contribution is -2.43. The SMILES string of the molecule is CCCCC(CC)(CC)OC(=O)C(C)(CC(C)C)C(C)C. The van der Waals surface area contributed by atoms with Gasteiger partial charge < -0.3 is 4.74 Å². The second-order valence-electron chi connectivity index (χ2n) is 7.55. The minimum Gasteiger partial charge on any atom is -0.459 e. The minimum absolute atomic E-state index is 0.00556. The summed E-state index contributed by atoms with van der Waals surface area (Å²) in [5.74, 6) is 0.800. The molecule has 1 atom stereocenters. The summed E-state index contributed by atoms with van der Waals surface area (Å²) in [7, 11) is 0. The van der Waals surface area contributed by atoms with Crippen LogP contribution < -0.4 is 0 Å². The van der Waals surface area contributed by atoms with Crippen molar-refractivity contribution >= 4 is 5.97 Å². The number of rotatable bonds is 10. The van der Waals surface area contributed by atoms with E-state index in [0.717, 1.165) is 38.5 Å². The zero-order valence-electron chi connectivity index (χ0n) is 15.7. The molecule has 0 aliphatic heterocycles. The molecule has 0 bridgehead atoms. The van der Waals surface area contributed by atoms with Crippen molar-refractivity contribution in [3.63, 3.8) is 0 Å². The Morgan fingerprint density at radius 2 is 1.57 bits per heavy atom. The van der Waals surface area contributed by atoms with Gasteiger partial charge in [0.15, 0.2) is 0 Å². The van der Waals surface area contributed by atoms with Crippen molar-refractivity contribution in [1.29, 1.82) is 0 Å². The smallest absolute Gasteiger partial charge is 0.312 e. The molecule has 0 aromatic rings. The number of carbonyl (C=O) groups excluding carboxylic acids is 1. The summed E-state index contributed by atoms with van der Waals surface area (Å²) in [4.78, 5) is 12.9. The second-order valence-corrected chi connectivity index (χ2v) is 7.55. The molecule has 2 nitrogen and oxygen atoms in total. The summed E-state index contributed by atoms with van der Waals surface area (Å²) in [6, 6.07) is 0. The molecule has 0 spiro atoms. The Kier molecular flexibility index (Phi) is 8.58. The number of hydrogen-bond donors (Lipinski definition) is 0. The molecular formula is C19H38O2. The standard InChI is InChI=1S/C19H38O2/c1-9-12-13-19(10-2,11-3)21-17(20)18(8,16(6)7)14-15(4)5/h15-16H,9-14H2,1-8H3. The number of esters is 1. The average molecular weight is 299 g/mol. The molecule has 0 radical (unpaired) electrons. The van der Waals surface area contributed by atoms with E-state index in [1.165, 1.54) is 0 Å². The number of unbranched alkanes of at least 4 members (excludes halogenated alkanes) is 1. The fourth-order valence-electron chi connectivity index (χ4n) is 3.01. The van der Waals surface area contributed by atoms with Crippen LogP contribution in [0.1, 0.15) is 93.9 Å². The predicted molar refractivity (Wildman–Crippen MR) is 91.3 cm³/mol. The summed E-state index contributed by atoms with van der Waals surface area (Å²) < 4.78 is 6.13. The van der Waals surface area contributed by atoms with Crippen molar-refractivity contribution in [1.82, 2.24) is 0 Å². The van der Waals surface area contributed by atoms with Gasteiger partial charge in [0.05, 0.1) is 5.41 Å². The van der Waals surface area contributed by atoms with Crippen LogP contribution in [0.15, 0.2) is 0 Å². The van der Waals surface area contributed by atoms with Crippen LogP contribution >= 0.6 is 0 Å². The van der Waals surface area contributed by atoms with Gasteiger partial charge in [-0.05, 0) is 50.9 Å². The lowest BCUT2D eigenvalue weighted by Gasteiger charge is -2.39. The third-order valence-corrected chi connectivity index (χ3v) is 5.16. The topological polar surface area (TPSA) is 26.3 Å². The molecule has 0 fully saturated rings. The first-order chi connectivity index (χ1) is 9.67. The lowest BCUT2D eigenvalue weighted by molar-refractivity contribution is -0.177. The fraction of sp³-hybridized carbons (Fsp3) is 0.947. The molecule has 0 saturated carbocycles. The molecule has 0 aliphatic carbocycles. The summed E-state index contributed by atoms with van der Waals surface area (Å²) in [6.45, 7) is 17.2. The zero-order valence-corrected chi connectivity index (χ0v) is 15.7. The third kappa shape index (κ3) is 5.64. The average Bonchev–Trinajstić information content (AvgIpc) is 2.42. The zero-order chi connectivity index (χ0) is 16.7. The van der Waals surface area contributed by atoms with Crippen LogP contribution in [0, 0.1) is 17.3 Å². The van der Waals surface area contributed by atoms with E-state index in [4.69, 9.17) is 4.74 Å². The Morgan fingerprint density at radius 3 is 1.90 bits per heavy atom. The van der Waals surface area contributed by atoms with Crippen molar-refractivity contribution < 1.29 is 9.53 Å². The molecule has 0 N–H and O–H groups in total. The molecule has 0 saturated heterocycles. The maximum atomic E-state index is 12.9. The van der Waals surface area contributed by atoms with E-state index in [2.05, 4.69) is 55.4 Å². The molecule has 0 rings (SSSR count). The highest BCUT2D eigenvalue weighted by molar-refractivity contribution is 5.77. The quantitative estimate of drug-likeness (QED) is 0.463. The van der Waals surface area contributed by atoms with Crippen LogP contribution in [-0.4, -0.2) is 11.6 Å². The largest absolute Gasteiger partial charge is 0.459 e. The summed E-state index contributed by atoms with van der Waals surface area (Å²) in [5, 5.41) is 0. The highest BCUT2D eigenvalue weighted by Crippen LogP contribution is 2.39. The van der Waals surface area contributed by atoms with Crippen LogP contribution in [0.25, 0.3) is 0 Å². The first kappa shape index (κ1) is 20.5. The van der Waals surface area contributed by atoms with E-state index in [9.17, 15) is 4.79 Å². The predicted octanol–water partition coefficient (Wildman–Crippen LogP) is 5.99. The highest BCUT2D eigenvalue weighted by atomic mass is 16.6. The molecule has 21 heavy (non-hydrogen) atoms. The van der Waals surface area contributed by atoms with Crippen LogP contribution in [0.4, 0.5) is 0 Å². The monoisotopic (exact) mass is 298 g/mol. The van der Waals surface area contributed by atoms with Crippen LogP contribution in [-0.2, 0) is 9.53 Å². The maximum absolute atomic E-state index is 12.9. The minimum atomic E-state index is -0.379. The summed E-state index contributed by atoms with van der Waals surface area (Å²) in [5.41, 5.74) is -0.643. The Morgan fingerprint density at radius 1 is 1.05 bits per heavy atom. The maximum Gasteiger partial charge on any atom is 0.312 e. The molecule has 0 amide bonds. The van der Waals surface area contributed by atoms with Crippen molar-refractivity contribution in [2.24, 2.45) is 17.3 Å². The van der Waals surface area contributed by atoms with E-state index in [1.54, 1.807) is 0 Å². The van der Waals surface area contributed by atoms with Gasteiger partial charge in [-0.1, -0.05) is 54.9 Å². The van der Waals surface area contributed by atoms with Crippen molar-refractivity contribution in [3.8, 4) is 0 Å². The third-order valence-electron chi connectivity index (χ3n) is 5.16. The first-order valence-electron chi connectivity index (χ1n) is 8.90. The van der Waals surface area contributed by atoms with Gasteiger partial charge in [0.25, 0.3) is 0 Å². The number of ether oxygens (including phenoxy) is 1. The molecule has 126 valence electrons. The molecule has 0 aliphatic rings. The van der Waals surface area contributed by atoms with E-state index in [-0.39, 0.29) is 17.0 Å². The van der Waals surface area contributed by atoms with Crippen molar-refractivity contribution in [2.75, 3.05) is 0 Å². The van der Waals surface area contributed by atoms with Gasteiger partial charge in [-0.2, -0.15) is 0 Å². The van der Waals surface area contributed by atoms with Crippen LogP contribution in [0.2, 0.25) is 0 Å². The molecule has 1 unspecified atom stereocenters. The molecule has 0 heterocycles. The van der Waals surface area contributed by atoms with Gasteiger partial charge in [0, 0.05) is 0 Å². The molecule has 2 heteroatoms. The fourth-order valence-corrected chi connectivity index (χ4v) is 3.01. The molecule has 0 aromatic carbocycles. The van der Waals surface area contributed by atoms with E-state index >= 15 is 0 Å². The normalized spacial score (nSPS) is 15.3. The first-order valence-corrected chi connectivity index (χ1v) is 8.90. The van der Waals surface area contributed by atoms with Gasteiger partial charge in [-0.25, -0.2) is 0 Å². The Bertz CT molecular complexity index is 303. The highest BCUT2D eigenvalue weighted by Gasteiger charge is 2.42. The summed E-state index contributed by atoms with van der Waals surface area (Å²) >= 11 is 0. The Labute approximate surface area is 133 Å².